The maximum absolute atomic E-state index is 9.17. The Bertz CT molecular complexity index is 353. The highest BCUT2D eigenvalue weighted by molar-refractivity contribution is 6.30. The molecule has 0 radical (unpaired) electrons. The summed E-state index contributed by atoms with van der Waals surface area (Å²) in [6, 6.07) is 5.22. The number of hydrogen-bond donors (Lipinski definition) is 1. The summed E-state index contributed by atoms with van der Waals surface area (Å²) in [5.74, 6) is 1.32. The molecule has 0 aliphatic heterocycles. The zero-order valence-electron chi connectivity index (χ0n) is 11.0. The Hall–Kier alpha value is -0.770. The second-order valence-electron chi connectivity index (χ2n) is 4.55. The van der Waals surface area contributed by atoms with Crippen molar-refractivity contribution in [3.05, 3.63) is 28.8 Å². The van der Waals surface area contributed by atoms with Crippen molar-refractivity contribution in [2.75, 3.05) is 19.8 Å². The lowest BCUT2D eigenvalue weighted by molar-refractivity contribution is 0.0917. The van der Waals surface area contributed by atoms with Gasteiger partial charge in [0.1, 0.15) is 12.4 Å². The summed E-state index contributed by atoms with van der Waals surface area (Å²) in [6.07, 6.45) is 1.06. The highest BCUT2D eigenvalue weighted by Crippen LogP contribution is 2.22. The van der Waals surface area contributed by atoms with Gasteiger partial charge in [0.2, 0.25) is 0 Å². The fraction of sp³-hybridized carbons (Fsp3) is 0.571. The molecule has 0 aromatic heterocycles. The molecule has 4 heteroatoms. The van der Waals surface area contributed by atoms with Crippen LogP contribution in [0.1, 0.15) is 25.8 Å². The molecule has 0 unspecified atom stereocenters. The number of ether oxygens (including phenoxy) is 2. The van der Waals surface area contributed by atoms with E-state index in [-0.39, 0.29) is 6.61 Å². The zero-order valence-corrected chi connectivity index (χ0v) is 11.7. The van der Waals surface area contributed by atoms with E-state index in [0.29, 0.717) is 35.5 Å². The van der Waals surface area contributed by atoms with Crippen molar-refractivity contribution in [1.29, 1.82) is 0 Å². The van der Waals surface area contributed by atoms with Crippen LogP contribution < -0.4 is 4.74 Å². The minimum absolute atomic E-state index is 0.0793. The molecule has 0 saturated heterocycles. The SMILES string of the molecule is CC(C)CCOCCOc1ccc(Cl)cc1CO. The van der Waals surface area contributed by atoms with Gasteiger partial charge in [-0.05, 0) is 30.5 Å². The van der Waals surface area contributed by atoms with E-state index in [2.05, 4.69) is 13.8 Å². The second-order valence-corrected chi connectivity index (χ2v) is 4.99. The lowest BCUT2D eigenvalue weighted by Crippen LogP contribution is -2.09. The van der Waals surface area contributed by atoms with Crippen molar-refractivity contribution in [2.24, 2.45) is 5.92 Å². The van der Waals surface area contributed by atoms with Crippen molar-refractivity contribution in [3.63, 3.8) is 0 Å². The number of aliphatic hydroxyl groups is 1. The molecule has 0 heterocycles. The third kappa shape index (κ3) is 5.71. The number of hydrogen-bond acceptors (Lipinski definition) is 3. The van der Waals surface area contributed by atoms with Crippen molar-refractivity contribution in [1.82, 2.24) is 0 Å². The Balaban J connectivity index is 2.27. The fourth-order valence-electron chi connectivity index (χ4n) is 1.44. The van der Waals surface area contributed by atoms with Gasteiger partial charge in [-0.1, -0.05) is 25.4 Å². The van der Waals surface area contributed by atoms with Gasteiger partial charge in [0.15, 0.2) is 0 Å². The maximum Gasteiger partial charge on any atom is 0.125 e. The highest BCUT2D eigenvalue weighted by atomic mass is 35.5. The lowest BCUT2D eigenvalue weighted by Gasteiger charge is -2.11. The maximum atomic E-state index is 9.17. The Kier molecular flexibility index (Phi) is 7.09. The number of benzene rings is 1. The number of halogens is 1. The van der Waals surface area contributed by atoms with Crippen molar-refractivity contribution >= 4 is 11.6 Å². The molecule has 0 atom stereocenters. The minimum Gasteiger partial charge on any atom is -0.491 e. The van der Waals surface area contributed by atoms with Gasteiger partial charge >= 0.3 is 0 Å². The number of rotatable bonds is 8. The molecule has 1 aromatic carbocycles. The van der Waals surface area contributed by atoms with Crippen LogP contribution in [0.25, 0.3) is 0 Å². The Morgan fingerprint density at radius 3 is 2.67 bits per heavy atom. The van der Waals surface area contributed by atoms with E-state index < -0.39 is 0 Å². The largest absolute Gasteiger partial charge is 0.491 e. The molecule has 0 aliphatic rings. The molecule has 1 N–H and O–H groups in total. The van der Waals surface area contributed by atoms with Gasteiger partial charge in [0.25, 0.3) is 0 Å². The molecular weight excluding hydrogens is 252 g/mol. The lowest BCUT2D eigenvalue weighted by atomic mass is 10.1. The fourth-order valence-corrected chi connectivity index (χ4v) is 1.64. The van der Waals surface area contributed by atoms with Crippen LogP contribution in [0.15, 0.2) is 18.2 Å². The minimum atomic E-state index is -0.0793. The quantitative estimate of drug-likeness (QED) is 0.738. The summed E-state index contributed by atoms with van der Waals surface area (Å²) in [6.45, 7) is 6.05. The topological polar surface area (TPSA) is 38.7 Å². The molecular formula is C14H21ClO3. The third-order valence-electron chi connectivity index (χ3n) is 2.52. The van der Waals surface area contributed by atoms with Crippen LogP contribution in [-0.2, 0) is 11.3 Å². The van der Waals surface area contributed by atoms with Gasteiger partial charge in [-0.25, -0.2) is 0 Å². The van der Waals surface area contributed by atoms with Gasteiger partial charge < -0.3 is 14.6 Å². The summed E-state index contributed by atoms with van der Waals surface area (Å²) in [7, 11) is 0. The summed E-state index contributed by atoms with van der Waals surface area (Å²) in [4.78, 5) is 0. The van der Waals surface area contributed by atoms with Crippen LogP contribution in [0.4, 0.5) is 0 Å². The first-order chi connectivity index (χ1) is 8.63. The third-order valence-corrected chi connectivity index (χ3v) is 2.75. The van der Waals surface area contributed by atoms with Crippen molar-refractivity contribution < 1.29 is 14.6 Å². The first kappa shape index (κ1) is 15.3. The molecule has 3 nitrogen and oxygen atoms in total. The Morgan fingerprint density at radius 2 is 2.00 bits per heavy atom. The molecule has 0 aliphatic carbocycles. The molecule has 18 heavy (non-hydrogen) atoms. The molecule has 0 fully saturated rings. The van der Waals surface area contributed by atoms with Crippen LogP contribution in [0.2, 0.25) is 5.02 Å². The van der Waals surface area contributed by atoms with Gasteiger partial charge in [-0.15, -0.1) is 0 Å². The van der Waals surface area contributed by atoms with Crippen molar-refractivity contribution in [3.8, 4) is 5.75 Å². The van der Waals surface area contributed by atoms with Gasteiger partial charge in [-0.2, -0.15) is 0 Å². The first-order valence-corrected chi connectivity index (χ1v) is 6.61. The predicted octanol–water partition coefficient (Wildman–Crippen LogP) is 3.27. The molecule has 0 saturated carbocycles. The van der Waals surface area contributed by atoms with E-state index in [0.717, 1.165) is 13.0 Å². The van der Waals surface area contributed by atoms with E-state index in [4.69, 9.17) is 21.1 Å². The van der Waals surface area contributed by atoms with Crippen LogP contribution in [0.3, 0.4) is 0 Å². The standard InChI is InChI=1S/C14H21ClO3/c1-11(2)5-6-17-7-8-18-14-4-3-13(15)9-12(14)10-16/h3-4,9,11,16H,5-8,10H2,1-2H3. The van der Waals surface area contributed by atoms with Crippen molar-refractivity contribution in [2.45, 2.75) is 26.9 Å². The average Bonchev–Trinajstić information content (AvgIpc) is 2.34. The molecule has 102 valence electrons. The zero-order chi connectivity index (χ0) is 13.4. The van der Waals surface area contributed by atoms with Gasteiger partial charge in [0.05, 0.1) is 13.2 Å². The first-order valence-electron chi connectivity index (χ1n) is 6.23. The van der Waals surface area contributed by atoms with Crippen LogP contribution >= 0.6 is 11.6 Å². The molecule has 0 amide bonds. The number of aliphatic hydroxyl groups excluding tert-OH is 1. The summed E-state index contributed by atoms with van der Waals surface area (Å²) in [5, 5.41) is 9.77. The molecule has 0 bridgehead atoms. The highest BCUT2D eigenvalue weighted by Gasteiger charge is 2.03. The molecule has 0 spiro atoms. The van der Waals surface area contributed by atoms with Gasteiger partial charge in [-0.3, -0.25) is 0 Å². The molecule has 1 aromatic rings. The second kappa shape index (κ2) is 8.35. The van der Waals surface area contributed by atoms with E-state index in [9.17, 15) is 5.11 Å². The summed E-state index contributed by atoms with van der Waals surface area (Å²) in [5.41, 5.74) is 0.699. The summed E-state index contributed by atoms with van der Waals surface area (Å²) >= 11 is 5.84. The van der Waals surface area contributed by atoms with E-state index >= 15 is 0 Å². The van der Waals surface area contributed by atoms with E-state index in [1.165, 1.54) is 0 Å². The summed E-state index contributed by atoms with van der Waals surface area (Å²) < 4.78 is 11.0. The predicted molar refractivity (Wildman–Crippen MR) is 73.1 cm³/mol. The van der Waals surface area contributed by atoms with E-state index in [1.807, 2.05) is 0 Å². The van der Waals surface area contributed by atoms with E-state index in [1.54, 1.807) is 18.2 Å². The smallest absolute Gasteiger partial charge is 0.125 e. The Labute approximate surface area is 114 Å². The van der Waals surface area contributed by atoms with Gasteiger partial charge in [0, 0.05) is 17.2 Å². The van der Waals surface area contributed by atoms with Crippen LogP contribution in [0.5, 0.6) is 5.75 Å². The van der Waals surface area contributed by atoms with Crippen LogP contribution in [0, 0.1) is 5.92 Å². The molecule has 1 rings (SSSR count). The monoisotopic (exact) mass is 272 g/mol. The normalized spacial score (nSPS) is 10.9. The Morgan fingerprint density at radius 1 is 1.22 bits per heavy atom. The van der Waals surface area contributed by atoms with Crippen LogP contribution in [-0.4, -0.2) is 24.9 Å². The average molecular weight is 273 g/mol.